The Balaban J connectivity index is 1.52. The van der Waals surface area contributed by atoms with Crippen LogP contribution < -0.4 is 5.63 Å². The first-order valence-electron chi connectivity index (χ1n) is 12.7. The van der Waals surface area contributed by atoms with Gasteiger partial charge >= 0.3 is 12.6 Å². The molecule has 0 N–H and O–H groups in total. The molecule has 0 spiro atoms. The molecule has 3 aliphatic rings. The summed E-state index contributed by atoms with van der Waals surface area (Å²) < 4.78 is 39.5. The molecule has 0 unspecified atom stereocenters. The molecule has 4 heterocycles. The largest absolute Gasteiger partial charge is 0.737 e. The van der Waals surface area contributed by atoms with E-state index >= 15 is 8.63 Å². The van der Waals surface area contributed by atoms with E-state index in [-0.39, 0.29) is 0 Å². The fourth-order valence-electron chi connectivity index (χ4n) is 6.03. The van der Waals surface area contributed by atoms with Crippen molar-refractivity contribution in [1.82, 2.24) is 4.48 Å². The van der Waals surface area contributed by atoms with E-state index in [0.29, 0.717) is 39.5 Å². The molecule has 0 bridgehead atoms. The predicted octanol–water partition coefficient (Wildman–Crippen LogP) is 6.38. The summed E-state index contributed by atoms with van der Waals surface area (Å²) in [4.78, 5) is 12.9. The van der Waals surface area contributed by atoms with Gasteiger partial charge in [-0.05, 0) is 93.3 Å². The Hall–Kier alpha value is -3.92. The van der Waals surface area contributed by atoms with Gasteiger partial charge in [0.1, 0.15) is 11.3 Å². The standard InChI is InChI=1S/C30H27BF2N2O2/c1-18-13-20(3)34-28(18)26(29-19(2)14-21(4)35(29)31(34,32)33)12-11-24-16-25-15-22-9-7-5-6-8-10-23(22)17-27(25)37-30(24)36/h11-17H,5-7,9H2,1-4H3. The molecular formula is C30H27BF2N2O2. The molecule has 7 heteroatoms. The van der Waals surface area contributed by atoms with Gasteiger partial charge in [-0.1, -0.05) is 11.8 Å². The Morgan fingerprint density at radius 3 is 2.70 bits per heavy atom. The SMILES string of the molecule is CC1=CC(C)=[N+]2C1=C(C=Cc1cc3cc4c(cc3oc1=O)C#CCCCC4)c1c(C)cc(C)n1[B-]2(F)F. The molecule has 6 rings (SSSR count). The third kappa shape index (κ3) is 3.58. The number of hydrogen-bond acceptors (Lipinski definition) is 2. The molecule has 186 valence electrons. The first-order chi connectivity index (χ1) is 17.7. The van der Waals surface area contributed by atoms with Crippen LogP contribution in [0.2, 0.25) is 0 Å². The highest BCUT2D eigenvalue weighted by molar-refractivity contribution is 6.58. The average Bonchev–Trinajstić information content (AvgIpc) is 3.29. The van der Waals surface area contributed by atoms with E-state index in [9.17, 15) is 4.79 Å². The number of aryl methyl sites for hydroxylation is 3. The summed E-state index contributed by atoms with van der Waals surface area (Å²) in [5, 5.41) is 0.828. The van der Waals surface area contributed by atoms with Crippen molar-refractivity contribution in [3.05, 3.63) is 91.7 Å². The van der Waals surface area contributed by atoms with Gasteiger partial charge in [-0.25, -0.2) is 4.79 Å². The Morgan fingerprint density at radius 2 is 1.89 bits per heavy atom. The number of nitrogens with zero attached hydrogens (tertiary/aromatic N) is 2. The van der Waals surface area contributed by atoms with Gasteiger partial charge in [0.15, 0.2) is 5.70 Å². The lowest BCUT2D eigenvalue weighted by molar-refractivity contribution is -0.363. The summed E-state index contributed by atoms with van der Waals surface area (Å²) in [7, 11) is 0. The van der Waals surface area contributed by atoms with Crippen molar-refractivity contribution in [1.29, 1.82) is 0 Å². The number of hydrogen-bond donors (Lipinski definition) is 0. The third-order valence-corrected chi connectivity index (χ3v) is 7.61. The molecule has 0 fully saturated rings. The van der Waals surface area contributed by atoms with Gasteiger partial charge in [0, 0.05) is 41.6 Å². The summed E-state index contributed by atoms with van der Waals surface area (Å²) in [5.74, 6) is 6.39. The highest BCUT2D eigenvalue weighted by atomic mass is 19.2. The van der Waals surface area contributed by atoms with Crippen LogP contribution in [-0.2, 0) is 6.42 Å². The van der Waals surface area contributed by atoms with E-state index in [4.69, 9.17) is 4.42 Å². The Labute approximate surface area is 214 Å². The third-order valence-electron chi connectivity index (χ3n) is 7.61. The van der Waals surface area contributed by atoms with Gasteiger partial charge < -0.3 is 22.0 Å². The van der Waals surface area contributed by atoms with Crippen molar-refractivity contribution in [2.75, 3.05) is 0 Å². The number of halogens is 2. The molecule has 3 aromatic rings. The van der Waals surface area contributed by atoms with Crippen molar-refractivity contribution in [2.24, 2.45) is 0 Å². The second-order valence-corrected chi connectivity index (χ2v) is 10.3. The zero-order valence-corrected chi connectivity index (χ0v) is 21.4. The van der Waals surface area contributed by atoms with Gasteiger partial charge in [-0.2, -0.15) is 0 Å². The molecule has 0 atom stereocenters. The molecule has 0 amide bonds. The summed E-state index contributed by atoms with van der Waals surface area (Å²) >= 11 is 0. The lowest BCUT2D eigenvalue weighted by Gasteiger charge is -2.33. The minimum absolute atomic E-state index is 0.375. The van der Waals surface area contributed by atoms with Gasteiger partial charge in [0.2, 0.25) is 0 Å². The minimum Gasteiger partial charge on any atom is -0.422 e. The number of allylic oxidation sites excluding steroid dienone is 4. The van der Waals surface area contributed by atoms with Crippen molar-refractivity contribution in [3.63, 3.8) is 0 Å². The molecule has 4 nitrogen and oxygen atoms in total. The molecule has 0 radical (unpaired) electrons. The maximum absolute atomic E-state index is 15.8. The topological polar surface area (TPSA) is 38.1 Å². The zero-order valence-electron chi connectivity index (χ0n) is 21.4. The van der Waals surface area contributed by atoms with E-state index in [0.717, 1.165) is 62.3 Å². The van der Waals surface area contributed by atoms with E-state index in [1.54, 1.807) is 38.1 Å². The quantitative estimate of drug-likeness (QED) is 0.235. The molecule has 1 aromatic carbocycles. The van der Waals surface area contributed by atoms with Crippen molar-refractivity contribution in [3.8, 4) is 11.8 Å². The van der Waals surface area contributed by atoms with Crippen LogP contribution in [0.5, 0.6) is 0 Å². The van der Waals surface area contributed by atoms with Crippen molar-refractivity contribution < 1.29 is 17.5 Å². The van der Waals surface area contributed by atoms with E-state index in [2.05, 4.69) is 17.9 Å². The Bertz CT molecular complexity index is 1770. The Kier molecular flexibility index (Phi) is 5.27. The minimum atomic E-state index is -4.03. The highest BCUT2D eigenvalue weighted by Gasteiger charge is 2.54. The monoisotopic (exact) mass is 496 g/mol. The smallest absolute Gasteiger partial charge is 0.422 e. The maximum Gasteiger partial charge on any atom is 0.737 e. The van der Waals surface area contributed by atoms with E-state index < -0.39 is 12.6 Å². The lowest BCUT2D eigenvalue weighted by Crippen LogP contribution is -2.51. The summed E-state index contributed by atoms with van der Waals surface area (Å²) in [6, 6.07) is 7.52. The fourth-order valence-corrected chi connectivity index (χ4v) is 6.03. The number of benzene rings is 1. The first-order valence-corrected chi connectivity index (χ1v) is 12.7. The van der Waals surface area contributed by atoms with Crippen LogP contribution in [0.15, 0.2) is 56.9 Å². The van der Waals surface area contributed by atoms with Crippen LogP contribution in [-0.4, -0.2) is 21.6 Å². The van der Waals surface area contributed by atoms with Crippen molar-refractivity contribution >= 4 is 35.3 Å². The van der Waals surface area contributed by atoms with Gasteiger partial charge in [0.05, 0.1) is 11.1 Å². The lowest BCUT2D eigenvalue weighted by atomic mass is 9.86. The molecule has 1 aliphatic carbocycles. The number of aromatic nitrogens is 1. The van der Waals surface area contributed by atoms with Crippen LogP contribution >= 0.6 is 0 Å². The fraction of sp³-hybridized carbons (Fsp3) is 0.267. The number of fused-ring (bicyclic) bond motifs is 4. The van der Waals surface area contributed by atoms with Crippen LogP contribution in [0.4, 0.5) is 8.63 Å². The van der Waals surface area contributed by atoms with Gasteiger partial charge in [0.25, 0.3) is 0 Å². The van der Waals surface area contributed by atoms with Crippen LogP contribution in [0, 0.1) is 25.7 Å². The van der Waals surface area contributed by atoms with E-state index in [1.807, 2.05) is 26.0 Å². The van der Waals surface area contributed by atoms with Crippen LogP contribution in [0.3, 0.4) is 0 Å². The van der Waals surface area contributed by atoms with Gasteiger partial charge in [-0.15, -0.1) is 0 Å². The summed E-state index contributed by atoms with van der Waals surface area (Å²) in [5.41, 5.74) is 6.66. The summed E-state index contributed by atoms with van der Waals surface area (Å²) in [6.45, 7) is 3.07. The predicted molar refractivity (Wildman–Crippen MR) is 145 cm³/mol. The maximum atomic E-state index is 15.8. The van der Waals surface area contributed by atoms with E-state index in [1.165, 1.54) is 0 Å². The molecular weight excluding hydrogens is 469 g/mol. The number of rotatable bonds is 2. The Morgan fingerprint density at radius 1 is 1.08 bits per heavy atom. The molecule has 37 heavy (non-hydrogen) atoms. The summed E-state index contributed by atoms with van der Waals surface area (Å²) in [6.07, 6.45) is 9.20. The van der Waals surface area contributed by atoms with Crippen LogP contribution in [0.1, 0.15) is 66.8 Å². The normalized spacial score (nSPS) is 18.3. The van der Waals surface area contributed by atoms with Gasteiger partial charge in [-0.3, -0.25) is 0 Å². The van der Waals surface area contributed by atoms with Crippen molar-refractivity contribution in [2.45, 2.75) is 53.4 Å². The van der Waals surface area contributed by atoms with Crippen LogP contribution in [0.25, 0.3) is 22.6 Å². The average molecular weight is 496 g/mol. The highest BCUT2D eigenvalue weighted by Crippen LogP contribution is 2.42. The second kappa shape index (κ2) is 8.31. The second-order valence-electron chi connectivity index (χ2n) is 10.3. The molecule has 2 aliphatic heterocycles. The molecule has 0 saturated heterocycles. The molecule has 2 aromatic heterocycles. The first kappa shape index (κ1) is 23.5. The molecule has 0 saturated carbocycles. The zero-order chi connectivity index (χ0) is 26.1.